The first-order valence-corrected chi connectivity index (χ1v) is 12.9. The first kappa shape index (κ1) is 26.7. The predicted octanol–water partition coefficient (Wildman–Crippen LogP) is 3.63. The molecule has 0 fully saturated rings. The largest absolute Gasteiger partial charge is 0.464 e. The highest BCUT2D eigenvalue weighted by molar-refractivity contribution is 6.30. The van der Waals surface area contributed by atoms with Crippen molar-refractivity contribution in [2.45, 2.75) is 32.7 Å². The smallest absolute Gasteiger partial charge is 0.257 e. The molecule has 4 aromatic rings. The molecule has 1 aliphatic rings. The van der Waals surface area contributed by atoms with E-state index in [9.17, 15) is 19.5 Å². The van der Waals surface area contributed by atoms with Crippen LogP contribution < -0.4 is 15.6 Å². The molecule has 0 radical (unpaired) electrons. The van der Waals surface area contributed by atoms with Gasteiger partial charge in [-0.25, -0.2) is 0 Å². The minimum Gasteiger partial charge on any atom is -0.464 e. The van der Waals surface area contributed by atoms with Gasteiger partial charge in [-0.1, -0.05) is 23.7 Å². The number of nitrogens with zero attached hydrogens (tertiary/aromatic N) is 3. The quantitative estimate of drug-likeness (QED) is 0.348. The number of aliphatic hydroxyl groups is 1. The van der Waals surface area contributed by atoms with Gasteiger partial charge in [-0.3, -0.25) is 19.3 Å². The van der Waals surface area contributed by atoms with E-state index >= 15 is 0 Å². The van der Waals surface area contributed by atoms with Crippen molar-refractivity contribution in [3.8, 4) is 0 Å². The monoisotopic (exact) mass is 548 g/mol. The molecule has 2 amide bonds. The molecule has 9 nitrogen and oxygen atoms in total. The number of carbonyl (C=O) groups is 2. The Morgan fingerprint density at radius 3 is 2.59 bits per heavy atom. The standard InChI is InChI=1S/C29H29ClN4O5/c1-17-4-9-25(39-17)24(35)15-32(2)13-19-10-21-27-23(11-19)33(3)26(36)16-34(27)14-22(28(21)37)29(38)31-12-18-5-7-20(30)8-6-18/h4-11,14,24,35H,12-13,15-16H2,1-3H3,(H,31,38)/t24-/m1/s1. The van der Waals surface area contributed by atoms with Gasteiger partial charge in [-0.05, 0) is 61.5 Å². The van der Waals surface area contributed by atoms with Crippen molar-refractivity contribution in [1.29, 1.82) is 0 Å². The molecule has 2 aromatic heterocycles. The normalized spacial score (nSPS) is 13.8. The second-order valence-electron chi connectivity index (χ2n) is 9.93. The van der Waals surface area contributed by atoms with Crippen molar-refractivity contribution in [2.24, 2.45) is 0 Å². The summed E-state index contributed by atoms with van der Waals surface area (Å²) >= 11 is 5.94. The number of likely N-dealkylation sites (N-methyl/N-ethyl adjacent to an activating group) is 2. The van der Waals surface area contributed by atoms with E-state index in [-0.39, 0.29) is 24.6 Å². The third kappa shape index (κ3) is 5.47. The number of aryl methyl sites for hydroxylation is 1. The van der Waals surface area contributed by atoms with E-state index in [1.807, 2.05) is 24.9 Å². The first-order valence-electron chi connectivity index (χ1n) is 12.5. The highest BCUT2D eigenvalue weighted by atomic mass is 35.5. The van der Waals surface area contributed by atoms with E-state index in [1.54, 1.807) is 54.1 Å². The SMILES string of the molecule is Cc1ccc([C@H](O)CN(C)Cc2cc3c4c(c2)c(=O)c(C(=O)NCc2ccc(Cl)cc2)cn4CC(=O)N3C)o1. The first-order chi connectivity index (χ1) is 18.6. The number of furan rings is 1. The lowest BCUT2D eigenvalue weighted by Crippen LogP contribution is -2.37. The number of aliphatic hydroxyl groups excluding tert-OH is 1. The fourth-order valence-corrected chi connectivity index (χ4v) is 5.00. The average Bonchev–Trinajstić information content (AvgIpc) is 3.34. The summed E-state index contributed by atoms with van der Waals surface area (Å²) in [6.45, 7) is 2.76. The molecule has 2 aromatic carbocycles. The second-order valence-corrected chi connectivity index (χ2v) is 10.4. The summed E-state index contributed by atoms with van der Waals surface area (Å²) in [6.07, 6.45) is 0.643. The Bertz CT molecular complexity index is 1630. The zero-order valence-corrected chi connectivity index (χ0v) is 22.7. The number of hydrogen-bond donors (Lipinski definition) is 2. The van der Waals surface area contributed by atoms with Crippen LogP contribution in [0.5, 0.6) is 0 Å². The Morgan fingerprint density at radius 2 is 1.90 bits per heavy atom. The topological polar surface area (TPSA) is 108 Å². The van der Waals surface area contributed by atoms with Gasteiger partial charge in [-0.15, -0.1) is 0 Å². The molecule has 2 N–H and O–H groups in total. The number of halogens is 1. The molecule has 202 valence electrons. The van der Waals surface area contributed by atoms with E-state index in [0.717, 1.165) is 16.9 Å². The molecule has 3 heterocycles. The van der Waals surface area contributed by atoms with Crippen molar-refractivity contribution in [1.82, 2.24) is 14.8 Å². The van der Waals surface area contributed by atoms with E-state index in [1.165, 1.54) is 11.1 Å². The van der Waals surface area contributed by atoms with Crippen LogP contribution in [0.4, 0.5) is 5.69 Å². The van der Waals surface area contributed by atoms with Crippen molar-refractivity contribution in [3.63, 3.8) is 0 Å². The summed E-state index contributed by atoms with van der Waals surface area (Å²) in [5, 5.41) is 14.3. The number of anilines is 1. The maximum Gasteiger partial charge on any atom is 0.257 e. The van der Waals surface area contributed by atoms with Gasteiger partial charge in [0.1, 0.15) is 29.7 Å². The number of benzene rings is 2. The predicted molar refractivity (Wildman–Crippen MR) is 149 cm³/mol. The second kappa shape index (κ2) is 10.7. The number of pyridine rings is 1. The summed E-state index contributed by atoms with van der Waals surface area (Å²) in [5.41, 5.74) is 2.37. The van der Waals surface area contributed by atoms with Gasteiger partial charge in [0.2, 0.25) is 11.3 Å². The molecule has 0 unspecified atom stereocenters. The van der Waals surface area contributed by atoms with Crippen LogP contribution in [0, 0.1) is 6.92 Å². The molecule has 0 bridgehead atoms. The number of hydrogen-bond acceptors (Lipinski definition) is 6. The molecule has 10 heteroatoms. The zero-order valence-electron chi connectivity index (χ0n) is 21.9. The van der Waals surface area contributed by atoms with Gasteiger partial charge in [0.25, 0.3) is 5.91 Å². The average molecular weight is 549 g/mol. The van der Waals surface area contributed by atoms with E-state index in [0.29, 0.717) is 40.5 Å². The Labute approximate surface area is 230 Å². The van der Waals surface area contributed by atoms with Crippen LogP contribution in [-0.2, 0) is 24.4 Å². The Balaban J connectivity index is 1.46. The lowest BCUT2D eigenvalue weighted by atomic mass is 10.0. The fourth-order valence-electron chi connectivity index (χ4n) is 4.87. The van der Waals surface area contributed by atoms with Gasteiger partial charge in [0.15, 0.2) is 0 Å². The maximum atomic E-state index is 13.6. The van der Waals surface area contributed by atoms with E-state index in [2.05, 4.69) is 5.32 Å². The molecular weight excluding hydrogens is 520 g/mol. The summed E-state index contributed by atoms with van der Waals surface area (Å²) in [5.74, 6) is 0.523. The van der Waals surface area contributed by atoms with Crippen LogP contribution in [0.15, 0.2) is 63.9 Å². The number of aromatic nitrogens is 1. The Hall–Kier alpha value is -3.92. The molecule has 1 aliphatic heterocycles. The maximum absolute atomic E-state index is 13.6. The summed E-state index contributed by atoms with van der Waals surface area (Å²) in [7, 11) is 3.52. The zero-order chi connectivity index (χ0) is 27.8. The summed E-state index contributed by atoms with van der Waals surface area (Å²) in [4.78, 5) is 42.9. The van der Waals surface area contributed by atoms with Gasteiger partial charge >= 0.3 is 0 Å². The van der Waals surface area contributed by atoms with Crippen molar-refractivity contribution in [3.05, 3.63) is 98.2 Å². The fraction of sp³-hybridized carbons (Fsp3) is 0.276. The molecule has 1 atom stereocenters. The Morgan fingerprint density at radius 1 is 1.15 bits per heavy atom. The summed E-state index contributed by atoms with van der Waals surface area (Å²) in [6, 6.07) is 14.2. The van der Waals surface area contributed by atoms with Crippen LogP contribution in [0.3, 0.4) is 0 Å². The number of amides is 2. The molecule has 39 heavy (non-hydrogen) atoms. The number of carbonyl (C=O) groups excluding carboxylic acids is 2. The molecule has 0 saturated heterocycles. The summed E-state index contributed by atoms with van der Waals surface area (Å²) < 4.78 is 7.20. The van der Waals surface area contributed by atoms with Crippen molar-refractivity contribution >= 4 is 40.0 Å². The van der Waals surface area contributed by atoms with Crippen molar-refractivity contribution < 1.29 is 19.1 Å². The van der Waals surface area contributed by atoms with Gasteiger partial charge < -0.3 is 24.3 Å². The lowest BCUT2D eigenvalue weighted by Gasteiger charge is -2.29. The van der Waals surface area contributed by atoms with Gasteiger partial charge in [0.05, 0.1) is 11.2 Å². The van der Waals surface area contributed by atoms with Crippen LogP contribution in [0.1, 0.15) is 39.1 Å². The van der Waals surface area contributed by atoms with Crippen LogP contribution in [0.2, 0.25) is 5.02 Å². The van der Waals surface area contributed by atoms with Crippen LogP contribution in [-0.4, -0.2) is 47.0 Å². The van der Waals surface area contributed by atoms with Gasteiger partial charge in [0, 0.05) is 43.3 Å². The third-order valence-corrected chi connectivity index (χ3v) is 7.14. The van der Waals surface area contributed by atoms with Crippen molar-refractivity contribution in [2.75, 3.05) is 25.5 Å². The highest BCUT2D eigenvalue weighted by Crippen LogP contribution is 2.31. The number of rotatable bonds is 8. The third-order valence-electron chi connectivity index (χ3n) is 6.89. The highest BCUT2D eigenvalue weighted by Gasteiger charge is 2.27. The van der Waals surface area contributed by atoms with Crippen LogP contribution >= 0.6 is 11.6 Å². The lowest BCUT2D eigenvalue weighted by molar-refractivity contribution is -0.119. The molecule has 0 aliphatic carbocycles. The minimum absolute atomic E-state index is 0.0196. The van der Waals surface area contributed by atoms with Crippen LogP contribution in [0.25, 0.3) is 10.9 Å². The number of nitrogens with one attached hydrogen (secondary N) is 1. The minimum atomic E-state index is -0.820. The van der Waals surface area contributed by atoms with Gasteiger partial charge in [-0.2, -0.15) is 0 Å². The molecular formula is C29H29ClN4O5. The molecule has 0 spiro atoms. The molecule has 0 saturated carbocycles. The Kier molecular flexibility index (Phi) is 7.31. The molecule has 5 rings (SSSR count). The van der Waals surface area contributed by atoms with E-state index < -0.39 is 17.4 Å². The van der Waals surface area contributed by atoms with E-state index in [4.69, 9.17) is 16.0 Å².